The Morgan fingerprint density at radius 1 is 1.04 bits per heavy atom. The first kappa shape index (κ1) is 17.9. The van der Waals surface area contributed by atoms with Crippen LogP contribution in [0.1, 0.15) is 43.4 Å². The minimum atomic E-state index is -0.167. The second-order valence-corrected chi connectivity index (χ2v) is 6.93. The zero-order chi connectivity index (χ0) is 17.8. The van der Waals surface area contributed by atoms with Gasteiger partial charge in [0.2, 0.25) is 0 Å². The SMILES string of the molecule is CCc1cccc(CC)c1NC(=S)N(Cc1ccccc1F)C1CC1. The number of nitrogens with one attached hydrogen (secondary N) is 1. The van der Waals surface area contributed by atoms with Crippen LogP contribution < -0.4 is 5.32 Å². The highest BCUT2D eigenvalue weighted by Gasteiger charge is 2.31. The highest BCUT2D eigenvalue weighted by molar-refractivity contribution is 7.80. The molecular weight excluding hydrogens is 331 g/mol. The van der Waals surface area contributed by atoms with Gasteiger partial charge in [-0.25, -0.2) is 4.39 Å². The molecular formula is C21H25FN2S. The van der Waals surface area contributed by atoms with Crippen molar-refractivity contribution in [2.45, 2.75) is 52.1 Å². The number of hydrogen-bond donors (Lipinski definition) is 1. The largest absolute Gasteiger partial charge is 0.342 e. The first-order valence-corrected chi connectivity index (χ1v) is 9.46. The minimum Gasteiger partial charge on any atom is -0.342 e. The van der Waals surface area contributed by atoms with Gasteiger partial charge in [0.15, 0.2) is 5.11 Å². The highest BCUT2D eigenvalue weighted by Crippen LogP contribution is 2.31. The van der Waals surface area contributed by atoms with Gasteiger partial charge in [0.25, 0.3) is 0 Å². The molecule has 0 radical (unpaired) electrons. The quantitative estimate of drug-likeness (QED) is 0.706. The van der Waals surface area contributed by atoms with Crippen LogP contribution in [0.15, 0.2) is 42.5 Å². The average molecular weight is 357 g/mol. The molecule has 3 rings (SSSR count). The van der Waals surface area contributed by atoms with E-state index in [0.29, 0.717) is 23.3 Å². The second-order valence-electron chi connectivity index (χ2n) is 6.54. The van der Waals surface area contributed by atoms with Gasteiger partial charge in [0.05, 0.1) is 0 Å². The first-order valence-electron chi connectivity index (χ1n) is 9.05. The van der Waals surface area contributed by atoms with Gasteiger partial charge in [-0.3, -0.25) is 0 Å². The Kier molecular flexibility index (Phi) is 5.69. The third-order valence-corrected chi connectivity index (χ3v) is 5.11. The molecule has 2 aromatic carbocycles. The number of anilines is 1. The van der Waals surface area contributed by atoms with E-state index in [-0.39, 0.29) is 5.82 Å². The molecule has 0 amide bonds. The van der Waals surface area contributed by atoms with Crippen LogP contribution in [0.3, 0.4) is 0 Å². The van der Waals surface area contributed by atoms with Crippen molar-refractivity contribution in [3.05, 3.63) is 65.0 Å². The van der Waals surface area contributed by atoms with Crippen LogP contribution in [-0.2, 0) is 19.4 Å². The molecule has 2 aromatic rings. The number of thiocarbonyl (C=S) groups is 1. The molecule has 0 aliphatic heterocycles. The van der Waals surface area contributed by atoms with Gasteiger partial charge in [-0.05, 0) is 55.1 Å². The average Bonchev–Trinajstić information content (AvgIpc) is 3.46. The van der Waals surface area contributed by atoms with E-state index in [9.17, 15) is 4.39 Å². The lowest BCUT2D eigenvalue weighted by atomic mass is 10.0. The monoisotopic (exact) mass is 356 g/mol. The van der Waals surface area contributed by atoms with Crippen LogP contribution in [-0.4, -0.2) is 16.1 Å². The second kappa shape index (κ2) is 7.96. The number of rotatable bonds is 6. The molecule has 0 spiro atoms. The van der Waals surface area contributed by atoms with Gasteiger partial charge >= 0.3 is 0 Å². The van der Waals surface area contributed by atoms with Crippen molar-refractivity contribution in [3.8, 4) is 0 Å². The normalized spacial score (nSPS) is 13.6. The highest BCUT2D eigenvalue weighted by atomic mass is 32.1. The fourth-order valence-corrected chi connectivity index (χ4v) is 3.46. The molecule has 1 aliphatic carbocycles. The Hall–Kier alpha value is -1.94. The van der Waals surface area contributed by atoms with Crippen molar-refractivity contribution in [2.75, 3.05) is 5.32 Å². The summed E-state index contributed by atoms with van der Waals surface area (Å²) in [5, 5.41) is 4.17. The van der Waals surface area contributed by atoms with E-state index >= 15 is 0 Å². The minimum absolute atomic E-state index is 0.167. The van der Waals surface area contributed by atoms with E-state index in [0.717, 1.165) is 31.4 Å². The number of para-hydroxylation sites is 1. The molecule has 0 atom stereocenters. The summed E-state index contributed by atoms with van der Waals surface area (Å²) in [6, 6.07) is 13.8. The Bertz CT molecular complexity index is 733. The predicted molar refractivity (Wildman–Crippen MR) is 106 cm³/mol. The maximum atomic E-state index is 14.1. The zero-order valence-electron chi connectivity index (χ0n) is 14.9. The summed E-state index contributed by atoms with van der Waals surface area (Å²) < 4.78 is 14.1. The first-order chi connectivity index (χ1) is 12.1. The van der Waals surface area contributed by atoms with Crippen LogP contribution in [0.2, 0.25) is 0 Å². The molecule has 0 heterocycles. The summed E-state index contributed by atoms with van der Waals surface area (Å²) >= 11 is 5.72. The molecule has 4 heteroatoms. The molecule has 0 saturated heterocycles. The smallest absolute Gasteiger partial charge is 0.173 e. The Morgan fingerprint density at radius 2 is 1.64 bits per heavy atom. The lowest BCUT2D eigenvalue weighted by molar-refractivity contribution is 0.399. The van der Waals surface area contributed by atoms with Crippen molar-refractivity contribution in [1.29, 1.82) is 0 Å². The molecule has 0 unspecified atom stereocenters. The third-order valence-electron chi connectivity index (χ3n) is 4.78. The van der Waals surface area contributed by atoms with E-state index in [1.807, 2.05) is 12.1 Å². The molecule has 1 N–H and O–H groups in total. The van der Waals surface area contributed by atoms with E-state index in [2.05, 4.69) is 42.3 Å². The summed E-state index contributed by atoms with van der Waals surface area (Å²) in [7, 11) is 0. The number of nitrogens with zero attached hydrogens (tertiary/aromatic N) is 1. The van der Waals surface area contributed by atoms with E-state index < -0.39 is 0 Å². The molecule has 132 valence electrons. The molecule has 1 saturated carbocycles. The van der Waals surface area contributed by atoms with Crippen LogP contribution in [0, 0.1) is 5.82 Å². The standard InChI is InChI=1S/C21H25FN2S/c1-3-15-9-7-10-16(4-2)20(15)23-21(25)24(18-12-13-18)14-17-8-5-6-11-19(17)22/h5-11,18H,3-4,12-14H2,1-2H3,(H,23,25). The summed E-state index contributed by atoms with van der Waals surface area (Å²) in [6.07, 6.45) is 4.14. The Morgan fingerprint density at radius 3 is 2.20 bits per heavy atom. The van der Waals surface area contributed by atoms with E-state index in [1.54, 1.807) is 6.07 Å². The Balaban J connectivity index is 1.82. The summed E-state index contributed by atoms with van der Waals surface area (Å²) in [4.78, 5) is 2.14. The number of halogens is 1. The maximum Gasteiger partial charge on any atom is 0.173 e. The zero-order valence-corrected chi connectivity index (χ0v) is 15.7. The van der Waals surface area contributed by atoms with Gasteiger partial charge in [-0.1, -0.05) is 50.2 Å². The summed E-state index contributed by atoms with van der Waals surface area (Å²) in [5.41, 5.74) is 4.35. The number of hydrogen-bond acceptors (Lipinski definition) is 1. The van der Waals surface area contributed by atoms with Gasteiger partial charge in [0.1, 0.15) is 5.82 Å². The fraction of sp³-hybridized carbons (Fsp3) is 0.381. The van der Waals surface area contributed by atoms with Crippen LogP contribution in [0.25, 0.3) is 0 Å². The van der Waals surface area contributed by atoms with Crippen molar-refractivity contribution >= 4 is 23.0 Å². The van der Waals surface area contributed by atoms with Crippen molar-refractivity contribution in [3.63, 3.8) is 0 Å². The van der Waals surface area contributed by atoms with E-state index in [4.69, 9.17) is 12.2 Å². The topological polar surface area (TPSA) is 15.3 Å². The fourth-order valence-electron chi connectivity index (χ4n) is 3.14. The van der Waals surface area contributed by atoms with Crippen LogP contribution in [0.5, 0.6) is 0 Å². The number of aryl methyl sites for hydroxylation is 2. The van der Waals surface area contributed by atoms with Gasteiger partial charge in [-0.2, -0.15) is 0 Å². The number of benzene rings is 2. The maximum absolute atomic E-state index is 14.1. The summed E-state index contributed by atoms with van der Waals surface area (Å²) in [6.45, 7) is 4.82. The third kappa shape index (κ3) is 4.18. The van der Waals surface area contributed by atoms with Crippen LogP contribution >= 0.6 is 12.2 Å². The van der Waals surface area contributed by atoms with Crippen molar-refractivity contribution in [1.82, 2.24) is 4.90 Å². The van der Waals surface area contributed by atoms with Gasteiger partial charge in [-0.15, -0.1) is 0 Å². The van der Waals surface area contributed by atoms with Crippen molar-refractivity contribution < 1.29 is 4.39 Å². The predicted octanol–water partition coefficient (Wildman–Crippen LogP) is 5.31. The lowest BCUT2D eigenvalue weighted by Gasteiger charge is -2.27. The van der Waals surface area contributed by atoms with Crippen LogP contribution in [0.4, 0.5) is 10.1 Å². The molecule has 25 heavy (non-hydrogen) atoms. The lowest BCUT2D eigenvalue weighted by Crippen LogP contribution is -2.36. The molecule has 0 bridgehead atoms. The molecule has 0 aromatic heterocycles. The summed E-state index contributed by atoms with van der Waals surface area (Å²) in [5.74, 6) is -0.167. The van der Waals surface area contributed by atoms with Gasteiger partial charge < -0.3 is 10.2 Å². The molecule has 1 fully saturated rings. The molecule has 1 aliphatic rings. The van der Waals surface area contributed by atoms with Gasteiger partial charge in [0, 0.05) is 23.8 Å². The molecule has 2 nitrogen and oxygen atoms in total. The Labute approximate surface area is 155 Å². The van der Waals surface area contributed by atoms with E-state index in [1.165, 1.54) is 17.2 Å². The van der Waals surface area contributed by atoms with Crippen molar-refractivity contribution in [2.24, 2.45) is 0 Å².